The van der Waals surface area contributed by atoms with Gasteiger partial charge in [-0.15, -0.1) is 0 Å². The first kappa shape index (κ1) is 15.3. The molecular weight excluding hydrogens is 250 g/mol. The molecule has 0 bridgehead atoms. The lowest BCUT2D eigenvalue weighted by Crippen LogP contribution is -2.39. The zero-order chi connectivity index (χ0) is 14.4. The SMILES string of the molecule is Cc1ccc(OCC(O)CNC2CCCCC2)c(C)c1. The Hall–Kier alpha value is -1.06. The first-order valence-electron chi connectivity index (χ1n) is 7.76. The quantitative estimate of drug-likeness (QED) is 0.840. The van der Waals surface area contributed by atoms with Gasteiger partial charge in [0.1, 0.15) is 18.5 Å². The molecule has 0 aliphatic heterocycles. The maximum absolute atomic E-state index is 10.00. The molecular formula is C17H27NO2. The summed E-state index contributed by atoms with van der Waals surface area (Å²) in [5.41, 5.74) is 2.35. The largest absolute Gasteiger partial charge is 0.491 e. The summed E-state index contributed by atoms with van der Waals surface area (Å²) in [6.45, 7) is 5.08. The molecule has 0 heterocycles. The van der Waals surface area contributed by atoms with Crippen molar-refractivity contribution in [2.24, 2.45) is 0 Å². The van der Waals surface area contributed by atoms with E-state index in [0.717, 1.165) is 11.3 Å². The standard InChI is InChI=1S/C17H27NO2/c1-13-8-9-17(14(2)10-13)20-12-16(19)11-18-15-6-4-3-5-7-15/h8-10,15-16,18-19H,3-7,11-12H2,1-2H3. The smallest absolute Gasteiger partial charge is 0.122 e. The Bertz CT molecular complexity index is 413. The van der Waals surface area contributed by atoms with Crippen LogP contribution in [0, 0.1) is 13.8 Å². The van der Waals surface area contributed by atoms with E-state index in [1.807, 2.05) is 19.1 Å². The second kappa shape index (κ2) is 7.65. The fraction of sp³-hybridized carbons (Fsp3) is 0.647. The number of ether oxygens (including phenoxy) is 1. The van der Waals surface area contributed by atoms with Crippen LogP contribution in [0.3, 0.4) is 0 Å². The van der Waals surface area contributed by atoms with Gasteiger partial charge >= 0.3 is 0 Å². The van der Waals surface area contributed by atoms with Gasteiger partial charge in [-0.05, 0) is 38.3 Å². The molecule has 1 fully saturated rings. The maximum atomic E-state index is 10.00. The van der Waals surface area contributed by atoms with E-state index in [0.29, 0.717) is 19.2 Å². The van der Waals surface area contributed by atoms with E-state index in [9.17, 15) is 5.11 Å². The van der Waals surface area contributed by atoms with Crippen molar-refractivity contribution in [1.82, 2.24) is 5.32 Å². The number of aliphatic hydroxyl groups is 1. The minimum atomic E-state index is -0.447. The molecule has 0 radical (unpaired) electrons. The van der Waals surface area contributed by atoms with E-state index in [1.54, 1.807) is 0 Å². The van der Waals surface area contributed by atoms with E-state index in [4.69, 9.17) is 4.74 Å². The molecule has 0 aromatic heterocycles. The van der Waals surface area contributed by atoms with Crippen LogP contribution in [0.25, 0.3) is 0 Å². The first-order valence-corrected chi connectivity index (χ1v) is 7.76. The van der Waals surface area contributed by atoms with Crippen molar-refractivity contribution < 1.29 is 9.84 Å². The molecule has 0 spiro atoms. The van der Waals surface area contributed by atoms with Crippen LogP contribution in [-0.2, 0) is 0 Å². The van der Waals surface area contributed by atoms with Gasteiger partial charge in [0.15, 0.2) is 0 Å². The van der Waals surface area contributed by atoms with E-state index in [2.05, 4.69) is 18.3 Å². The molecule has 112 valence electrons. The van der Waals surface area contributed by atoms with Crippen LogP contribution < -0.4 is 10.1 Å². The predicted octanol–water partition coefficient (Wildman–Crippen LogP) is 2.97. The van der Waals surface area contributed by atoms with Gasteiger partial charge < -0.3 is 15.2 Å². The third kappa shape index (κ3) is 4.80. The highest BCUT2D eigenvalue weighted by molar-refractivity contribution is 5.35. The molecule has 0 amide bonds. The topological polar surface area (TPSA) is 41.5 Å². The molecule has 1 aromatic carbocycles. The van der Waals surface area contributed by atoms with Gasteiger partial charge in [0.2, 0.25) is 0 Å². The van der Waals surface area contributed by atoms with Crippen LogP contribution in [0.4, 0.5) is 0 Å². The Labute approximate surface area is 122 Å². The Morgan fingerprint density at radius 3 is 2.70 bits per heavy atom. The normalized spacial score (nSPS) is 17.9. The van der Waals surface area contributed by atoms with Gasteiger partial charge in [-0.25, -0.2) is 0 Å². The molecule has 1 aromatic rings. The Morgan fingerprint density at radius 1 is 1.25 bits per heavy atom. The summed E-state index contributed by atoms with van der Waals surface area (Å²) in [6.07, 6.45) is 6.02. The molecule has 1 aliphatic rings. The monoisotopic (exact) mass is 277 g/mol. The van der Waals surface area contributed by atoms with Crippen LogP contribution in [0.5, 0.6) is 5.75 Å². The number of aryl methyl sites for hydroxylation is 2. The average Bonchev–Trinajstić information content (AvgIpc) is 2.45. The van der Waals surface area contributed by atoms with Gasteiger partial charge in [0.25, 0.3) is 0 Å². The number of aliphatic hydroxyl groups excluding tert-OH is 1. The fourth-order valence-electron chi connectivity index (χ4n) is 2.82. The third-order valence-electron chi connectivity index (χ3n) is 4.01. The average molecular weight is 277 g/mol. The lowest BCUT2D eigenvalue weighted by atomic mass is 9.95. The second-order valence-electron chi connectivity index (χ2n) is 5.98. The second-order valence-corrected chi connectivity index (χ2v) is 5.98. The zero-order valence-electron chi connectivity index (χ0n) is 12.7. The van der Waals surface area contributed by atoms with Crippen molar-refractivity contribution in [3.05, 3.63) is 29.3 Å². The Morgan fingerprint density at radius 2 is 2.00 bits per heavy atom. The molecule has 2 rings (SSSR count). The molecule has 1 atom stereocenters. The zero-order valence-corrected chi connectivity index (χ0v) is 12.7. The van der Waals surface area contributed by atoms with Gasteiger partial charge in [0, 0.05) is 12.6 Å². The van der Waals surface area contributed by atoms with Crippen molar-refractivity contribution in [1.29, 1.82) is 0 Å². The highest BCUT2D eigenvalue weighted by Gasteiger charge is 2.14. The van der Waals surface area contributed by atoms with E-state index >= 15 is 0 Å². The van der Waals surface area contributed by atoms with Crippen molar-refractivity contribution in [3.63, 3.8) is 0 Å². The maximum Gasteiger partial charge on any atom is 0.122 e. The summed E-state index contributed by atoms with van der Waals surface area (Å²) in [5.74, 6) is 0.868. The summed E-state index contributed by atoms with van der Waals surface area (Å²) in [6, 6.07) is 6.70. The number of hydrogen-bond acceptors (Lipinski definition) is 3. The van der Waals surface area contributed by atoms with Crippen molar-refractivity contribution in [3.8, 4) is 5.75 Å². The van der Waals surface area contributed by atoms with E-state index in [1.165, 1.54) is 37.7 Å². The summed E-state index contributed by atoms with van der Waals surface area (Å²) >= 11 is 0. The van der Waals surface area contributed by atoms with Crippen LogP contribution in [0.1, 0.15) is 43.2 Å². The summed E-state index contributed by atoms with van der Waals surface area (Å²) in [7, 11) is 0. The fourth-order valence-corrected chi connectivity index (χ4v) is 2.82. The number of hydrogen-bond donors (Lipinski definition) is 2. The minimum Gasteiger partial charge on any atom is -0.491 e. The van der Waals surface area contributed by atoms with E-state index < -0.39 is 6.10 Å². The molecule has 3 heteroatoms. The van der Waals surface area contributed by atoms with Gasteiger partial charge in [-0.1, -0.05) is 37.0 Å². The molecule has 1 saturated carbocycles. The Kier molecular flexibility index (Phi) is 5.86. The minimum absolute atomic E-state index is 0.351. The lowest BCUT2D eigenvalue weighted by molar-refractivity contribution is 0.101. The van der Waals surface area contributed by atoms with Gasteiger partial charge in [0.05, 0.1) is 0 Å². The van der Waals surface area contributed by atoms with Crippen molar-refractivity contribution in [2.75, 3.05) is 13.2 Å². The van der Waals surface area contributed by atoms with Crippen molar-refractivity contribution in [2.45, 2.75) is 58.1 Å². The van der Waals surface area contributed by atoms with Crippen LogP contribution in [-0.4, -0.2) is 30.4 Å². The predicted molar refractivity (Wildman–Crippen MR) is 82.3 cm³/mol. The van der Waals surface area contributed by atoms with Gasteiger partial charge in [-0.2, -0.15) is 0 Å². The molecule has 2 N–H and O–H groups in total. The molecule has 1 unspecified atom stereocenters. The van der Waals surface area contributed by atoms with Crippen LogP contribution in [0.15, 0.2) is 18.2 Å². The number of benzene rings is 1. The van der Waals surface area contributed by atoms with E-state index in [-0.39, 0.29) is 0 Å². The summed E-state index contributed by atoms with van der Waals surface area (Å²) in [4.78, 5) is 0. The first-order chi connectivity index (χ1) is 9.65. The number of rotatable bonds is 6. The molecule has 3 nitrogen and oxygen atoms in total. The molecule has 20 heavy (non-hydrogen) atoms. The third-order valence-corrected chi connectivity index (χ3v) is 4.01. The van der Waals surface area contributed by atoms with Crippen molar-refractivity contribution >= 4 is 0 Å². The molecule has 0 saturated heterocycles. The highest BCUT2D eigenvalue weighted by Crippen LogP contribution is 2.19. The van der Waals surface area contributed by atoms with Gasteiger partial charge in [-0.3, -0.25) is 0 Å². The summed E-state index contributed by atoms with van der Waals surface area (Å²) in [5, 5.41) is 13.5. The lowest BCUT2D eigenvalue weighted by Gasteiger charge is -2.24. The molecule has 1 aliphatic carbocycles. The van der Waals surface area contributed by atoms with Crippen LogP contribution in [0.2, 0.25) is 0 Å². The Balaban J connectivity index is 1.70. The number of nitrogens with one attached hydrogen (secondary N) is 1. The summed E-state index contributed by atoms with van der Waals surface area (Å²) < 4.78 is 5.70. The highest BCUT2D eigenvalue weighted by atomic mass is 16.5. The van der Waals surface area contributed by atoms with Crippen LogP contribution >= 0.6 is 0 Å².